The number of nitrogens with one attached hydrogen (secondary N) is 2. The van der Waals surface area contributed by atoms with Gasteiger partial charge in [-0.1, -0.05) is 12.1 Å². The molecule has 0 radical (unpaired) electrons. The maximum absolute atomic E-state index is 14.6. The first-order valence-corrected chi connectivity index (χ1v) is 12.2. The number of H-pyrrole nitrogens is 1. The molecule has 1 aliphatic carbocycles. The molecule has 3 aromatic rings. The number of hydrogen-bond donors (Lipinski definition) is 2. The Bertz CT molecular complexity index is 1300. The van der Waals surface area contributed by atoms with Crippen LogP contribution in [-0.4, -0.2) is 59.5 Å². The number of piperazine rings is 1. The second kappa shape index (κ2) is 9.73. The fourth-order valence-corrected chi connectivity index (χ4v) is 5.46. The second-order valence-electron chi connectivity index (χ2n) is 9.31. The number of rotatable bonds is 5. The topological polar surface area (TPSA) is 81.3 Å². The number of benzene rings is 1. The van der Waals surface area contributed by atoms with Gasteiger partial charge in [-0.2, -0.15) is 4.39 Å². The van der Waals surface area contributed by atoms with Crippen LogP contribution in [0.1, 0.15) is 48.3 Å². The van der Waals surface area contributed by atoms with Crippen molar-refractivity contribution in [3.63, 3.8) is 0 Å². The van der Waals surface area contributed by atoms with Gasteiger partial charge in [-0.15, -0.1) is 0 Å². The van der Waals surface area contributed by atoms with Crippen LogP contribution in [0.15, 0.2) is 41.2 Å². The molecule has 2 atom stereocenters. The highest BCUT2D eigenvalue weighted by Crippen LogP contribution is 2.37. The van der Waals surface area contributed by atoms with Crippen molar-refractivity contribution in [2.24, 2.45) is 0 Å². The quantitative estimate of drug-likeness (QED) is 0.546. The van der Waals surface area contributed by atoms with E-state index in [0.29, 0.717) is 36.7 Å². The minimum atomic E-state index is -0.625. The summed E-state index contributed by atoms with van der Waals surface area (Å²) >= 11 is 0. The van der Waals surface area contributed by atoms with Crippen LogP contribution in [0.3, 0.4) is 0 Å². The molecule has 1 saturated carbocycles. The molecule has 2 aromatic heterocycles. The standard InChI is InChI=1S/C26H29F2N5O2/c1-2-29-25(34)20-8-9-22(24(28)30-20)33-12-10-32(11-13-33)18-7-6-16(14-18)21-15-17-4-3-5-19(27)23(17)26(35)31-21/h3-5,8-9,15-16,18H,2,6-7,10-14H2,1H3,(H,29,34)(H,31,35). The summed E-state index contributed by atoms with van der Waals surface area (Å²) in [5.74, 6) is -1.28. The lowest BCUT2D eigenvalue weighted by Gasteiger charge is -2.39. The summed E-state index contributed by atoms with van der Waals surface area (Å²) in [6.07, 6.45) is 2.90. The third-order valence-corrected chi connectivity index (χ3v) is 7.26. The van der Waals surface area contributed by atoms with E-state index in [1.807, 2.05) is 11.0 Å². The normalized spacial score (nSPS) is 20.9. The fraction of sp³-hybridized carbons (Fsp3) is 0.423. The molecule has 1 aromatic carbocycles. The van der Waals surface area contributed by atoms with Gasteiger partial charge < -0.3 is 15.2 Å². The van der Waals surface area contributed by atoms with Crippen LogP contribution in [0.5, 0.6) is 0 Å². The van der Waals surface area contributed by atoms with E-state index in [2.05, 4.69) is 20.2 Å². The molecule has 2 N–H and O–H groups in total. The molecule has 2 aliphatic rings. The number of carbonyl (C=O) groups excluding carboxylic acids is 1. The van der Waals surface area contributed by atoms with Crippen LogP contribution in [0.2, 0.25) is 0 Å². The van der Waals surface area contributed by atoms with Gasteiger partial charge in [-0.05, 0) is 55.8 Å². The maximum Gasteiger partial charge on any atom is 0.269 e. The predicted molar refractivity (Wildman–Crippen MR) is 131 cm³/mol. The lowest BCUT2D eigenvalue weighted by Crippen LogP contribution is -2.50. The summed E-state index contributed by atoms with van der Waals surface area (Å²) < 4.78 is 28.7. The zero-order valence-corrected chi connectivity index (χ0v) is 19.7. The smallest absolute Gasteiger partial charge is 0.269 e. The Morgan fingerprint density at radius 1 is 1.14 bits per heavy atom. The van der Waals surface area contributed by atoms with Gasteiger partial charge in [0.1, 0.15) is 11.5 Å². The van der Waals surface area contributed by atoms with Gasteiger partial charge in [-0.3, -0.25) is 14.5 Å². The number of hydrogen-bond acceptors (Lipinski definition) is 5. The highest BCUT2D eigenvalue weighted by molar-refractivity contribution is 5.92. The summed E-state index contributed by atoms with van der Waals surface area (Å²) in [4.78, 5) is 35.6. The SMILES string of the molecule is CCNC(=O)c1ccc(N2CCN(C3CCC(c4cc5cccc(F)c5c(=O)[nH]4)C3)CC2)c(F)n1. The van der Waals surface area contributed by atoms with Crippen molar-refractivity contribution in [3.05, 3.63) is 69.9 Å². The van der Waals surface area contributed by atoms with Crippen molar-refractivity contribution in [1.82, 2.24) is 20.2 Å². The molecule has 0 bridgehead atoms. The van der Waals surface area contributed by atoms with Crippen LogP contribution >= 0.6 is 0 Å². The second-order valence-corrected chi connectivity index (χ2v) is 9.31. The molecule has 0 spiro atoms. The summed E-state index contributed by atoms with van der Waals surface area (Å²) in [6, 6.07) is 10.2. The number of nitrogens with zero attached hydrogens (tertiary/aromatic N) is 3. The van der Waals surface area contributed by atoms with E-state index >= 15 is 0 Å². The molecule has 5 rings (SSSR count). The van der Waals surface area contributed by atoms with E-state index in [1.165, 1.54) is 6.07 Å². The monoisotopic (exact) mass is 481 g/mol. The van der Waals surface area contributed by atoms with E-state index in [0.717, 1.165) is 38.0 Å². The van der Waals surface area contributed by atoms with Gasteiger partial charge in [0.25, 0.3) is 11.5 Å². The summed E-state index contributed by atoms with van der Waals surface area (Å²) in [5, 5.41) is 3.38. The lowest BCUT2D eigenvalue weighted by molar-refractivity contribution is 0.0949. The van der Waals surface area contributed by atoms with Gasteiger partial charge in [0.15, 0.2) is 0 Å². The zero-order chi connectivity index (χ0) is 24.5. The van der Waals surface area contributed by atoms with Crippen molar-refractivity contribution >= 4 is 22.4 Å². The third kappa shape index (κ3) is 4.65. The maximum atomic E-state index is 14.6. The summed E-state index contributed by atoms with van der Waals surface area (Å²) in [5.41, 5.74) is 0.997. The molecule has 1 saturated heterocycles. The molecular formula is C26H29F2N5O2. The molecule has 1 aliphatic heterocycles. The number of pyridine rings is 2. The van der Waals surface area contributed by atoms with E-state index in [4.69, 9.17) is 0 Å². The van der Waals surface area contributed by atoms with E-state index in [9.17, 15) is 18.4 Å². The molecule has 1 amide bonds. The predicted octanol–water partition coefficient (Wildman–Crippen LogP) is 3.41. The average molecular weight is 482 g/mol. The van der Waals surface area contributed by atoms with Crippen LogP contribution in [0.25, 0.3) is 10.8 Å². The Labute approximate surface area is 202 Å². The van der Waals surface area contributed by atoms with Crippen molar-refractivity contribution in [2.45, 2.75) is 38.1 Å². The Hall–Kier alpha value is -3.33. The van der Waals surface area contributed by atoms with Crippen molar-refractivity contribution in [3.8, 4) is 0 Å². The zero-order valence-electron chi connectivity index (χ0n) is 19.7. The Kier molecular flexibility index (Phi) is 6.51. The first-order valence-electron chi connectivity index (χ1n) is 12.2. The number of halogens is 2. The van der Waals surface area contributed by atoms with E-state index in [1.54, 1.807) is 31.2 Å². The van der Waals surface area contributed by atoms with Gasteiger partial charge >= 0.3 is 0 Å². The minimum Gasteiger partial charge on any atom is -0.365 e. The Balaban J connectivity index is 1.22. The van der Waals surface area contributed by atoms with Crippen LogP contribution in [0.4, 0.5) is 14.5 Å². The largest absolute Gasteiger partial charge is 0.365 e. The number of aromatic amines is 1. The van der Waals surface area contributed by atoms with Gasteiger partial charge in [-0.25, -0.2) is 9.37 Å². The molecule has 35 heavy (non-hydrogen) atoms. The molecule has 7 nitrogen and oxygen atoms in total. The van der Waals surface area contributed by atoms with Gasteiger partial charge in [0.2, 0.25) is 5.95 Å². The Morgan fingerprint density at radius 3 is 2.69 bits per heavy atom. The number of anilines is 1. The number of amides is 1. The lowest BCUT2D eigenvalue weighted by atomic mass is 10.00. The summed E-state index contributed by atoms with van der Waals surface area (Å²) in [7, 11) is 0. The summed E-state index contributed by atoms with van der Waals surface area (Å²) in [6.45, 7) is 5.21. The van der Waals surface area contributed by atoms with Crippen LogP contribution in [0, 0.1) is 11.8 Å². The van der Waals surface area contributed by atoms with Gasteiger partial charge in [0, 0.05) is 50.4 Å². The van der Waals surface area contributed by atoms with E-state index < -0.39 is 11.8 Å². The average Bonchev–Trinajstić information content (AvgIpc) is 3.35. The van der Waals surface area contributed by atoms with Gasteiger partial charge in [0.05, 0.1) is 11.1 Å². The molecule has 9 heteroatoms. The number of aromatic nitrogens is 2. The first kappa shape index (κ1) is 23.4. The molecule has 2 unspecified atom stereocenters. The number of carbonyl (C=O) groups is 1. The first-order chi connectivity index (χ1) is 16.9. The minimum absolute atomic E-state index is 0.0817. The highest BCUT2D eigenvalue weighted by Gasteiger charge is 2.33. The number of fused-ring (bicyclic) bond motifs is 1. The molecule has 2 fully saturated rings. The van der Waals surface area contributed by atoms with Crippen molar-refractivity contribution in [2.75, 3.05) is 37.6 Å². The van der Waals surface area contributed by atoms with Crippen LogP contribution in [-0.2, 0) is 0 Å². The van der Waals surface area contributed by atoms with Crippen molar-refractivity contribution in [1.29, 1.82) is 0 Å². The van der Waals surface area contributed by atoms with Crippen molar-refractivity contribution < 1.29 is 13.6 Å². The molecule has 184 valence electrons. The van der Waals surface area contributed by atoms with Crippen LogP contribution < -0.4 is 15.8 Å². The third-order valence-electron chi connectivity index (χ3n) is 7.26. The fourth-order valence-electron chi connectivity index (χ4n) is 5.46. The Morgan fingerprint density at radius 2 is 1.94 bits per heavy atom. The molecule has 3 heterocycles. The highest BCUT2D eigenvalue weighted by atomic mass is 19.1. The van der Waals surface area contributed by atoms with E-state index in [-0.39, 0.29) is 28.5 Å². The molecular weight excluding hydrogens is 452 g/mol.